The Balaban J connectivity index is 1.62. The lowest BCUT2D eigenvalue weighted by molar-refractivity contribution is -0.0453. The number of fused-ring (bicyclic) bond motifs is 1. The Kier molecular flexibility index (Phi) is 5.69. The first-order valence-corrected chi connectivity index (χ1v) is 9.98. The molecule has 1 amide bonds. The first kappa shape index (κ1) is 19.7. The van der Waals surface area contributed by atoms with Crippen molar-refractivity contribution in [2.24, 2.45) is 13.0 Å². The molecule has 1 unspecified atom stereocenters. The van der Waals surface area contributed by atoms with Crippen LogP contribution in [0.25, 0.3) is 0 Å². The zero-order valence-electron chi connectivity index (χ0n) is 16.5. The van der Waals surface area contributed by atoms with Gasteiger partial charge >= 0.3 is 0 Å². The number of carbonyl (C=O) groups is 1. The lowest BCUT2D eigenvalue weighted by Crippen LogP contribution is -2.52. The Hall–Kier alpha value is -2.64. The number of amides is 1. The summed E-state index contributed by atoms with van der Waals surface area (Å²) in [6, 6.07) is 10.9. The van der Waals surface area contributed by atoms with Crippen molar-refractivity contribution in [2.45, 2.75) is 31.6 Å². The van der Waals surface area contributed by atoms with Crippen LogP contribution in [0.3, 0.4) is 0 Å². The van der Waals surface area contributed by atoms with E-state index in [1.807, 2.05) is 30.3 Å². The monoisotopic (exact) mass is 398 g/mol. The number of rotatable bonds is 5. The maximum Gasteiger partial charge on any atom is 0.274 e. The van der Waals surface area contributed by atoms with Gasteiger partial charge in [0, 0.05) is 32.5 Å². The summed E-state index contributed by atoms with van der Waals surface area (Å²) < 4.78 is 13.3. The summed E-state index contributed by atoms with van der Waals surface area (Å²) in [7, 11) is 1.74. The summed E-state index contributed by atoms with van der Waals surface area (Å²) in [5.74, 6) is -0.0273. The lowest BCUT2D eigenvalue weighted by atomic mass is 10.1. The van der Waals surface area contributed by atoms with Crippen LogP contribution in [0, 0.1) is 5.92 Å². The minimum atomic E-state index is -0.313. The van der Waals surface area contributed by atoms with E-state index in [4.69, 9.17) is 9.47 Å². The summed E-state index contributed by atoms with van der Waals surface area (Å²) >= 11 is 0. The molecule has 29 heavy (non-hydrogen) atoms. The molecular formula is C22H26N2O5. The van der Waals surface area contributed by atoms with Gasteiger partial charge in [-0.15, -0.1) is 0 Å². The smallest absolute Gasteiger partial charge is 0.274 e. The average molecular weight is 398 g/mol. The lowest BCUT2D eigenvalue weighted by Gasteiger charge is -2.38. The minimum Gasteiger partial charge on any atom is -0.483 e. The van der Waals surface area contributed by atoms with Gasteiger partial charge in [-0.25, -0.2) is 0 Å². The van der Waals surface area contributed by atoms with Gasteiger partial charge in [-0.3, -0.25) is 9.59 Å². The molecule has 2 aromatic rings. The number of ether oxygens (including phenoxy) is 2. The second kappa shape index (κ2) is 8.39. The molecule has 3 atom stereocenters. The number of aryl methyl sites for hydroxylation is 1. The van der Waals surface area contributed by atoms with Crippen LogP contribution in [0.5, 0.6) is 5.75 Å². The molecule has 1 saturated carbocycles. The van der Waals surface area contributed by atoms with Crippen molar-refractivity contribution in [1.82, 2.24) is 9.47 Å². The van der Waals surface area contributed by atoms with Gasteiger partial charge in [0.2, 0.25) is 5.43 Å². The number of aliphatic hydroxyl groups is 1. The van der Waals surface area contributed by atoms with E-state index in [-0.39, 0.29) is 54.1 Å². The topological polar surface area (TPSA) is 81.0 Å². The quantitative estimate of drug-likeness (QED) is 0.827. The number of benzene rings is 1. The molecule has 4 rings (SSSR count). The molecule has 1 saturated heterocycles. The minimum absolute atomic E-state index is 0.0701. The fourth-order valence-corrected chi connectivity index (χ4v) is 4.31. The third kappa shape index (κ3) is 3.93. The molecule has 7 nitrogen and oxygen atoms in total. The summed E-state index contributed by atoms with van der Waals surface area (Å²) in [6.45, 7) is 1.21. The van der Waals surface area contributed by atoms with Crippen LogP contribution in [-0.4, -0.2) is 52.4 Å². The maximum atomic E-state index is 13.5. The number of morpholine rings is 1. The number of aliphatic hydroxyl groups excluding tert-OH is 1. The number of hydrogen-bond donors (Lipinski definition) is 1. The molecule has 1 aliphatic carbocycles. The van der Waals surface area contributed by atoms with Gasteiger partial charge in [0.1, 0.15) is 6.61 Å². The van der Waals surface area contributed by atoms with Gasteiger partial charge in [0.05, 0.1) is 18.8 Å². The van der Waals surface area contributed by atoms with Crippen LogP contribution in [-0.2, 0) is 18.4 Å². The molecule has 154 valence electrons. The van der Waals surface area contributed by atoms with E-state index in [0.717, 1.165) is 12.0 Å². The molecule has 1 aromatic carbocycles. The van der Waals surface area contributed by atoms with Crippen molar-refractivity contribution in [3.8, 4) is 5.75 Å². The Morgan fingerprint density at radius 3 is 2.79 bits per heavy atom. The van der Waals surface area contributed by atoms with E-state index in [1.165, 1.54) is 6.07 Å². The molecular weight excluding hydrogens is 372 g/mol. The second-order valence-electron chi connectivity index (χ2n) is 7.74. The normalized spacial score (nSPS) is 23.7. The summed E-state index contributed by atoms with van der Waals surface area (Å²) in [4.78, 5) is 27.9. The molecule has 1 N–H and O–H groups in total. The fourth-order valence-electron chi connectivity index (χ4n) is 4.31. The van der Waals surface area contributed by atoms with Crippen LogP contribution >= 0.6 is 0 Å². The molecule has 0 bridgehead atoms. The fraction of sp³-hybridized carbons (Fsp3) is 0.455. The highest BCUT2D eigenvalue weighted by Gasteiger charge is 2.43. The molecule has 1 aliphatic heterocycles. The first-order chi connectivity index (χ1) is 14.1. The maximum absolute atomic E-state index is 13.5. The van der Waals surface area contributed by atoms with Crippen LogP contribution in [0.4, 0.5) is 0 Å². The van der Waals surface area contributed by atoms with Gasteiger partial charge in [-0.2, -0.15) is 0 Å². The van der Waals surface area contributed by atoms with E-state index in [9.17, 15) is 14.7 Å². The number of pyridine rings is 1. The zero-order chi connectivity index (χ0) is 20.4. The van der Waals surface area contributed by atoms with Gasteiger partial charge < -0.3 is 24.0 Å². The third-order valence-corrected chi connectivity index (χ3v) is 5.82. The van der Waals surface area contributed by atoms with E-state index in [0.29, 0.717) is 19.6 Å². The Morgan fingerprint density at radius 1 is 1.24 bits per heavy atom. The highest BCUT2D eigenvalue weighted by molar-refractivity contribution is 5.95. The average Bonchev–Trinajstić information content (AvgIpc) is 3.18. The number of hydrogen-bond acceptors (Lipinski definition) is 5. The van der Waals surface area contributed by atoms with Crippen LogP contribution in [0.15, 0.2) is 47.4 Å². The number of aromatic nitrogens is 1. The molecule has 2 fully saturated rings. The Bertz CT molecular complexity index is 927. The van der Waals surface area contributed by atoms with Crippen LogP contribution in [0.1, 0.15) is 28.9 Å². The van der Waals surface area contributed by atoms with Crippen molar-refractivity contribution in [1.29, 1.82) is 0 Å². The van der Waals surface area contributed by atoms with Gasteiger partial charge in [0.15, 0.2) is 11.4 Å². The van der Waals surface area contributed by atoms with E-state index in [1.54, 1.807) is 22.7 Å². The Morgan fingerprint density at radius 2 is 2.03 bits per heavy atom. The summed E-state index contributed by atoms with van der Waals surface area (Å²) in [5, 5.41) is 9.53. The molecule has 2 aliphatic rings. The molecule has 0 radical (unpaired) electrons. The van der Waals surface area contributed by atoms with Gasteiger partial charge in [-0.05, 0) is 24.3 Å². The second-order valence-corrected chi connectivity index (χ2v) is 7.74. The van der Waals surface area contributed by atoms with Crippen molar-refractivity contribution in [3.63, 3.8) is 0 Å². The largest absolute Gasteiger partial charge is 0.483 e. The number of carbonyl (C=O) groups excluding carboxylic acids is 1. The molecule has 7 heteroatoms. The highest BCUT2D eigenvalue weighted by Crippen LogP contribution is 2.35. The standard InChI is InChI=1S/C22H26N2O5/c1-23-8-7-18(26)21(29-14-15-5-3-2-4-6-15)20(23)22(27)24-9-10-28-19-12-16(13-25)11-17(19)24/h2-8,16-17,19,25H,9-14H2,1H3/t16-,17+,19?/m1/s1. The predicted molar refractivity (Wildman–Crippen MR) is 107 cm³/mol. The Labute approximate surface area is 169 Å². The highest BCUT2D eigenvalue weighted by atomic mass is 16.5. The third-order valence-electron chi connectivity index (χ3n) is 5.82. The van der Waals surface area contributed by atoms with Crippen molar-refractivity contribution < 1.29 is 19.4 Å². The first-order valence-electron chi connectivity index (χ1n) is 9.98. The van der Waals surface area contributed by atoms with Crippen LogP contribution < -0.4 is 10.2 Å². The van der Waals surface area contributed by atoms with E-state index >= 15 is 0 Å². The molecule has 0 spiro atoms. The van der Waals surface area contributed by atoms with Crippen molar-refractivity contribution >= 4 is 5.91 Å². The van der Waals surface area contributed by atoms with Crippen LogP contribution in [0.2, 0.25) is 0 Å². The summed E-state index contributed by atoms with van der Waals surface area (Å²) in [5.41, 5.74) is 0.859. The van der Waals surface area contributed by atoms with Gasteiger partial charge in [0.25, 0.3) is 5.91 Å². The zero-order valence-corrected chi connectivity index (χ0v) is 16.5. The molecule has 1 aromatic heterocycles. The van der Waals surface area contributed by atoms with E-state index in [2.05, 4.69) is 0 Å². The predicted octanol–water partition coefficient (Wildman–Crippen LogP) is 1.58. The van der Waals surface area contributed by atoms with Crippen molar-refractivity contribution in [3.05, 3.63) is 64.1 Å². The summed E-state index contributed by atoms with van der Waals surface area (Å²) in [6.07, 6.45) is 2.97. The van der Waals surface area contributed by atoms with E-state index < -0.39 is 0 Å². The van der Waals surface area contributed by atoms with Gasteiger partial charge in [-0.1, -0.05) is 30.3 Å². The number of nitrogens with zero attached hydrogens (tertiary/aromatic N) is 2. The molecule has 2 heterocycles. The SMILES string of the molecule is Cn1ccc(=O)c(OCc2ccccc2)c1C(=O)N1CCOC2C[C@H](CO)C[C@@H]21. The van der Waals surface area contributed by atoms with Crippen molar-refractivity contribution in [2.75, 3.05) is 19.8 Å².